The van der Waals surface area contributed by atoms with Gasteiger partial charge in [0.05, 0.1) is 12.0 Å². The Morgan fingerprint density at radius 3 is 2.11 bits per heavy atom. The van der Waals surface area contributed by atoms with Gasteiger partial charge in [-0.15, -0.1) is 0 Å². The van der Waals surface area contributed by atoms with Gasteiger partial charge in [-0.25, -0.2) is 12.8 Å². The Labute approximate surface area is 162 Å². The second kappa shape index (κ2) is 8.94. The van der Waals surface area contributed by atoms with Crippen LogP contribution in [0.2, 0.25) is 0 Å². The number of Topliss-reactive ketones (excluding diaryl/α,β-unsaturated/α-hetero) is 1. The molecule has 0 unspecified atom stereocenters. The van der Waals surface area contributed by atoms with Crippen molar-refractivity contribution in [2.24, 2.45) is 0 Å². The summed E-state index contributed by atoms with van der Waals surface area (Å²) in [5.41, 5.74) is 0.174. The molecule has 28 heavy (non-hydrogen) atoms. The van der Waals surface area contributed by atoms with Gasteiger partial charge < -0.3 is 9.47 Å². The fourth-order valence-corrected chi connectivity index (χ4v) is 3.47. The third-order valence-corrected chi connectivity index (χ3v) is 5.40. The summed E-state index contributed by atoms with van der Waals surface area (Å²) >= 11 is 0. The number of hydrogen-bond donors (Lipinski definition) is 1. The van der Waals surface area contributed by atoms with Crippen LogP contribution in [0.3, 0.4) is 0 Å². The highest BCUT2D eigenvalue weighted by Gasteiger charge is 2.27. The number of carbonyl (C=O) groups is 2. The van der Waals surface area contributed by atoms with Crippen molar-refractivity contribution in [1.29, 1.82) is 0 Å². The van der Waals surface area contributed by atoms with Gasteiger partial charge in [-0.2, -0.15) is 4.72 Å². The molecule has 0 spiro atoms. The highest BCUT2D eigenvalue weighted by molar-refractivity contribution is 7.89. The van der Waals surface area contributed by atoms with Crippen LogP contribution in [-0.2, 0) is 19.6 Å². The molecule has 2 rings (SSSR count). The number of rotatable bonds is 8. The lowest BCUT2D eigenvalue weighted by molar-refractivity contribution is -0.147. The molecular formula is C19H20FNO6S. The fourth-order valence-electron chi connectivity index (χ4n) is 2.28. The van der Waals surface area contributed by atoms with E-state index in [9.17, 15) is 22.4 Å². The standard InChI is InChI=1S/C19H20FNO6S/c1-12(21-28(24,25)17-10-8-16(26-3)9-11-17)19(23)27-13(2)18(22)14-4-6-15(20)7-5-14/h4-13,21H,1-3H3/t12-,13-/m0/s1. The van der Waals surface area contributed by atoms with Crippen molar-refractivity contribution in [2.75, 3.05) is 7.11 Å². The maximum atomic E-state index is 12.9. The van der Waals surface area contributed by atoms with Crippen molar-refractivity contribution < 1.29 is 31.9 Å². The second-order valence-electron chi connectivity index (χ2n) is 5.97. The molecule has 0 heterocycles. The van der Waals surface area contributed by atoms with Crippen LogP contribution in [-0.4, -0.2) is 39.4 Å². The summed E-state index contributed by atoms with van der Waals surface area (Å²) in [6.07, 6.45) is -1.16. The van der Waals surface area contributed by atoms with Crippen molar-refractivity contribution in [3.63, 3.8) is 0 Å². The lowest BCUT2D eigenvalue weighted by Gasteiger charge is -2.17. The first-order valence-electron chi connectivity index (χ1n) is 8.30. The zero-order valence-electron chi connectivity index (χ0n) is 15.5. The van der Waals surface area contributed by atoms with Crippen molar-refractivity contribution >= 4 is 21.8 Å². The minimum atomic E-state index is -3.98. The fraction of sp³-hybridized carbons (Fsp3) is 0.263. The van der Waals surface area contributed by atoms with E-state index in [1.807, 2.05) is 0 Å². The van der Waals surface area contributed by atoms with Gasteiger partial charge in [0.1, 0.15) is 17.6 Å². The number of benzene rings is 2. The average Bonchev–Trinajstić information content (AvgIpc) is 2.67. The van der Waals surface area contributed by atoms with Crippen LogP contribution in [0.25, 0.3) is 0 Å². The van der Waals surface area contributed by atoms with Crippen LogP contribution in [0.5, 0.6) is 5.75 Å². The maximum Gasteiger partial charge on any atom is 0.324 e. The summed E-state index contributed by atoms with van der Waals surface area (Å²) in [5, 5.41) is 0. The predicted octanol–water partition coefficient (Wildman–Crippen LogP) is 2.32. The molecule has 9 heteroatoms. The van der Waals surface area contributed by atoms with Crippen molar-refractivity contribution in [3.05, 3.63) is 59.9 Å². The van der Waals surface area contributed by atoms with E-state index < -0.39 is 39.7 Å². The lowest BCUT2D eigenvalue weighted by atomic mass is 10.1. The quantitative estimate of drug-likeness (QED) is 0.531. The first-order valence-corrected chi connectivity index (χ1v) is 9.79. The first kappa shape index (κ1) is 21.5. The molecule has 0 bridgehead atoms. The Hall–Kier alpha value is -2.78. The second-order valence-corrected chi connectivity index (χ2v) is 7.68. The Kier molecular flexibility index (Phi) is 6.87. The lowest BCUT2D eigenvalue weighted by Crippen LogP contribution is -2.41. The smallest absolute Gasteiger partial charge is 0.324 e. The van der Waals surface area contributed by atoms with Crippen LogP contribution >= 0.6 is 0 Å². The molecule has 2 aromatic carbocycles. The minimum Gasteiger partial charge on any atom is -0.497 e. The summed E-state index contributed by atoms with van der Waals surface area (Å²) in [4.78, 5) is 24.3. The molecule has 0 aliphatic heterocycles. The minimum absolute atomic E-state index is 0.0524. The van der Waals surface area contributed by atoms with Gasteiger partial charge in [-0.05, 0) is 62.4 Å². The third-order valence-electron chi connectivity index (χ3n) is 3.85. The topological polar surface area (TPSA) is 98.8 Å². The van der Waals surface area contributed by atoms with Crippen molar-refractivity contribution in [1.82, 2.24) is 4.72 Å². The van der Waals surface area contributed by atoms with Crippen LogP contribution in [0.15, 0.2) is 53.4 Å². The largest absolute Gasteiger partial charge is 0.497 e. The van der Waals surface area contributed by atoms with Gasteiger partial charge in [0.25, 0.3) is 0 Å². The monoisotopic (exact) mass is 409 g/mol. The molecule has 0 aliphatic rings. The molecule has 0 fully saturated rings. The van der Waals surface area contributed by atoms with Gasteiger partial charge in [-0.1, -0.05) is 0 Å². The SMILES string of the molecule is COc1ccc(S(=O)(=O)N[C@@H](C)C(=O)O[C@@H](C)C(=O)c2ccc(F)cc2)cc1. The average molecular weight is 409 g/mol. The summed E-state index contributed by atoms with van der Waals surface area (Å²) < 4.78 is 49.9. The van der Waals surface area contributed by atoms with Gasteiger partial charge in [0.2, 0.25) is 15.8 Å². The van der Waals surface area contributed by atoms with E-state index in [0.717, 1.165) is 12.1 Å². The molecule has 7 nitrogen and oxygen atoms in total. The molecule has 0 radical (unpaired) electrons. The highest BCUT2D eigenvalue weighted by atomic mass is 32.2. The molecule has 2 atom stereocenters. The molecule has 0 saturated heterocycles. The number of carbonyl (C=O) groups excluding carboxylic acids is 2. The Bertz CT molecular complexity index is 941. The molecule has 0 aliphatic carbocycles. The number of ether oxygens (including phenoxy) is 2. The van der Waals surface area contributed by atoms with E-state index in [-0.39, 0.29) is 10.5 Å². The number of ketones is 1. The zero-order valence-corrected chi connectivity index (χ0v) is 16.3. The Morgan fingerprint density at radius 2 is 1.57 bits per heavy atom. The molecule has 0 aromatic heterocycles. The van der Waals surface area contributed by atoms with Crippen LogP contribution in [0.4, 0.5) is 4.39 Å². The van der Waals surface area contributed by atoms with Gasteiger partial charge >= 0.3 is 5.97 Å². The molecule has 1 N–H and O–H groups in total. The van der Waals surface area contributed by atoms with Crippen molar-refractivity contribution in [2.45, 2.75) is 30.9 Å². The Balaban J connectivity index is 2.00. The van der Waals surface area contributed by atoms with E-state index in [2.05, 4.69) is 4.72 Å². The molecule has 2 aromatic rings. The molecular weight excluding hydrogens is 389 g/mol. The Morgan fingerprint density at radius 1 is 1.00 bits per heavy atom. The summed E-state index contributed by atoms with van der Waals surface area (Å²) in [5.74, 6) is -1.46. The van der Waals surface area contributed by atoms with Gasteiger partial charge in [-0.3, -0.25) is 9.59 Å². The zero-order chi connectivity index (χ0) is 20.9. The number of esters is 1. The highest BCUT2D eigenvalue weighted by Crippen LogP contribution is 2.16. The van der Waals surface area contributed by atoms with Crippen molar-refractivity contribution in [3.8, 4) is 5.75 Å². The number of sulfonamides is 1. The van der Waals surface area contributed by atoms with E-state index in [0.29, 0.717) is 5.75 Å². The number of hydrogen-bond acceptors (Lipinski definition) is 6. The van der Waals surface area contributed by atoms with Crippen LogP contribution in [0, 0.1) is 5.82 Å². The number of methoxy groups -OCH3 is 1. The first-order chi connectivity index (χ1) is 13.1. The molecule has 150 valence electrons. The van der Waals surface area contributed by atoms with Gasteiger partial charge in [0, 0.05) is 5.56 Å². The maximum absolute atomic E-state index is 12.9. The van der Waals surface area contributed by atoms with E-state index in [1.54, 1.807) is 0 Å². The van der Waals surface area contributed by atoms with E-state index in [1.165, 1.54) is 57.4 Å². The van der Waals surface area contributed by atoms with E-state index in [4.69, 9.17) is 9.47 Å². The van der Waals surface area contributed by atoms with Crippen LogP contribution in [0.1, 0.15) is 24.2 Å². The third kappa shape index (κ3) is 5.37. The number of nitrogens with one attached hydrogen (secondary N) is 1. The predicted molar refractivity (Wildman–Crippen MR) is 99.1 cm³/mol. The number of halogens is 1. The van der Waals surface area contributed by atoms with E-state index >= 15 is 0 Å². The summed E-state index contributed by atoms with van der Waals surface area (Å²) in [6.45, 7) is 2.66. The van der Waals surface area contributed by atoms with Crippen LogP contribution < -0.4 is 9.46 Å². The molecule has 0 amide bonds. The summed E-state index contributed by atoms with van der Waals surface area (Å²) in [7, 11) is -2.52. The molecule has 0 saturated carbocycles. The van der Waals surface area contributed by atoms with Gasteiger partial charge in [0.15, 0.2) is 6.10 Å². The normalized spacial score (nSPS) is 13.4. The summed E-state index contributed by atoms with van der Waals surface area (Å²) in [6, 6.07) is 9.17.